The van der Waals surface area contributed by atoms with Gasteiger partial charge in [-0.05, 0) is 5.92 Å². The number of nitrogens with zero attached hydrogens (tertiary/aromatic N) is 2. The Hall–Kier alpha value is -0.530. The SMILES string of the molecule is CC(C)C/N=C(/N(C)C)C(C)(C)C. The summed E-state index contributed by atoms with van der Waals surface area (Å²) in [6.45, 7) is 11.9. The van der Waals surface area contributed by atoms with Crippen LogP contribution in [0.2, 0.25) is 0 Å². The van der Waals surface area contributed by atoms with Crippen molar-refractivity contribution in [2.45, 2.75) is 34.6 Å². The van der Waals surface area contributed by atoms with Crippen molar-refractivity contribution in [3.63, 3.8) is 0 Å². The molecule has 0 unspecified atom stereocenters. The number of rotatable bonds is 2. The van der Waals surface area contributed by atoms with Gasteiger partial charge < -0.3 is 4.90 Å². The second-order valence-corrected chi connectivity index (χ2v) is 5.20. The molecule has 2 nitrogen and oxygen atoms in total. The van der Waals surface area contributed by atoms with Crippen LogP contribution in [-0.4, -0.2) is 31.4 Å². The van der Waals surface area contributed by atoms with Crippen molar-refractivity contribution in [1.29, 1.82) is 0 Å². The van der Waals surface area contributed by atoms with E-state index in [2.05, 4.69) is 58.6 Å². The van der Waals surface area contributed by atoms with Crippen LogP contribution in [-0.2, 0) is 0 Å². The highest BCUT2D eigenvalue weighted by molar-refractivity contribution is 5.86. The number of aliphatic imine (C=N–C) groups is 1. The van der Waals surface area contributed by atoms with Crippen molar-refractivity contribution in [2.75, 3.05) is 20.6 Å². The van der Waals surface area contributed by atoms with Gasteiger partial charge >= 0.3 is 0 Å². The molecule has 0 bridgehead atoms. The van der Waals surface area contributed by atoms with E-state index in [1.54, 1.807) is 0 Å². The minimum atomic E-state index is 0.151. The number of amidine groups is 1. The summed E-state index contributed by atoms with van der Waals surface area (Å²) in [5.74, 6) is 1.82. The molecule has 0 aliphatic heterocycles. The standard InChI is InChI=1S/C11H24N2/c1-9(2)8-12-10(13(6)7)11(3,4)5/h9H,8H2,1-7H3/b12-10+. The van der Waals surface area contributed by atoms with Gasteiger partial charge in [-0.25, -0.2) is 0 Å². The van der Waals surface area contributed by atoms with E-state index in [1.807, 2.05) is 0 Å². The topological polar surface area (TPSA) is 15.6 Å². The summed E-state index contributed by atoms with van der Waals surface area (Å²) in [5, 5.41) is 0. The zero-order chi connectivity index (χ0) is 10.6. The van der Waals surface area contributed by atoms with E-state index in [4.69, 9.17) is 0 Å². The van der Waals surface area contributed by atoms with Gasteiger partial charge in [0.2, 0.25) is 0 Å². The minimum Gasteiger partial charge on any atom is -0.366 e. The van der Waals surface area contributed by atoms with Crippen LogP contribution in [0.3, 0.4) is 0 Å². The van der Waals surface area contributed by atoms with E-state index < -0.39 is 0 Å². The number of hydrogen-bond donors (Lipinski definition) is 0. The summed E-state index contributed by atoms with van der Waals surface area (Å²) >= 11 is 0. The third-order valence-corrected chi connectivity index (χ3v) is 1.70. The predicted octanol–water partition coefficient (Wildman–Crippen LogP) is 2.65. The highest BCUT2D eigenvalue weighted by Crippen LogP contribution is 2.17. The van der Waals surface area contributed by atoms with Crippen molar-refractivity contribution in [3.8, 4) is 0 Å². The molecule has 78 valence electrons. The van der Waals surface area contributed by atoms with Gasteiger partial charge in [0, 0.05) is 26.1 Å². The van der Waals surface area contributed by atoms with Gasteiger partial charge in [-0.1, -0.05) is 34.6 Å². The first-order chi connectivity index (χ1) is 5.75. The molecule has 0 saturated heterocycles. The minimum absolute atomic E-state index is 0.151. The lowest BCUT2D eigenvalue weighted by Gasteiger charge is -2.28. The van der Waals surface area contributed by atoms with Crippen LogP contribution in [0.25, 0.3) is 0 Å². The Morgan fingerprint density at radius 2 is 1.69 bits per heavy atom. The van der Waals surface area contributed by atoms with E-state index >= 15 is 0 Å². The Kier molecular flexibility index (Phi) is 4.45. The van der Waals surface area contributed by atoms with Gasteiger partial charge in [-0.15, -0.1) is 0 Å². The first kappa shape index (κ1) is 12.5. The fourth-order valence-electron chi connectivity index (χ4n) is 1.32. The molecule has 0 fully saturated rings. The van der Waals surface area contributed by atoms with E-state index in [9.17, 15) is 0 Å². The Bertz CT molecular complexity index is 173. The molecule has 0 rings (SSSR count). The molecule has 0 aliphatic rings. The van der Waals surface area contributed by atoms with Crippen molar-refractivity contribution in [2.24, 2.45) is 16.3 Å². The van der Waals surface area contributed by atoms with Gasteiger partial charge in [-0.2, -0.15) is 0 Å². The lowest BCUT2D eigenvalue weighted by Crippen LogP contribution is -2.34. The summed E-state index contributed by atoms with van der Waals surface area (Å²) in [5.41, 5.74) is 0.151. The zero-order valence-electron chi connectivity index (χ0n) is 10.2. The third-order valence-electron chi connectivity index (χ3n) is 1.70. The molecule has 0 aliphatic carbocycles. The summed E-state index contributed by atoms with van der Waals surface area (Å²) in [7, 11) is 4.12. The van der Waals surface area contributed by atoms with Gasteiger partial charge in [0.25, 0.3) is 0 Å². The van der Waals surface area contributed by atoms with Gasteiger partial charge in [0.1, 0.15) is 5.84 Å². The first-order valence-electron chi connectivity index (χ1n) is 4.97. The summed E-state index contributed by atoms with van der Waals surface area (Å²) in [6.07, 6.45) is 0. The van der Waals surface area contributed by atoms with Crippen LogP contribution in [0.1, 0.15) is 34.6 Å². The highest BCUT2D eigenvalue weighted by atomic mass is 15.1. The Labute approximate surface area is 83.0 Å². The monoisotopic (exact) mass is 184 g/mol. The van der Waals surface area contributed by atoms with E-state index in [0.29, 0.717) is 5.92 Å². The smallest absolute Gasteiger partial charge is 0.104 e. The maximum Gasteiger partial charge on any atom is 0.104 e. The fraction of sp³-hybridized carbons (Fsp3) is 0.909. The molecule has 0 aromatic rings. The average molecular weight is 184 g/mol. The van der Waals surface area contributed by atoms with Crippen LogP contribution < -0.4 is 0 Å². The zero-order valence-corrected chi connectivity index (χ0v) is 10.2. The quantitative estimate of drug-likeness (QED) is 0.476. The van der Waals surface area contributed by atoms with Crippen molar-refractivity contribution in [1.82, 2.24) is 4.90 Å². The molecule has 0 aromatic heterocycles. The molecule has 13 heavy (non-hydrogen) atoms. The molecule has 0 heterocycles. The lowest BCUT2D eigenvalue weighted by molar-refractivity contribution is 0.473. The molecule has 0 radical (unpaired) electrons. The molecule has 0 saturated carbocycles. The lowest BCUT2D eigenvalue weighted by atomic mass is 9.94. The second-order valence-electron chi connectivity index (χ2n) is 5.20. The largest absolute Gasteiger partial charge is 0.366 e. The van der Waals surface area contributed by atoms with Gasteiger partial charge in [0.15, 0.2) is 0 Å². The molecule has 0 N–H and O–H groups in total. The van der Waals surface area contributed by atoms with E-state index in [1.165, 1.54) is 5.84 Å². The maximum absolute atomic E-state index is 4.64. The fourth-order valence-corrected chi connectivity index (χ4v) is 1.32. The third kappa shape index (κ3) is 4.91. The molecule has 0 spiro atoms. The average Bonchev–Trinajstić information content (AvgIpc) is 1.81. The van der Waals surface area contributed by atoms with E-state index in [-0.39, 0.29) is 5.41 Å². The summed E-state index contributed by atoms with van der Waals surface area (Å²) in [4.78, 5) is 6.75. The molecule has 0 amide bonds. The maximum atomic E-state index is 4.64. The van der Waals surface area contributed by atoms with Crippen LogP contribution in [0, 0.1) is 11.3 Å². The van der Waals surface area contributed by atoms with Crippen molar-refractivity contribution < 1.29 is 0 Å². The van der Waals surface area contributed by atoms with Crippen LogP contribution >= 0.6 is 0 Å². The molecular weight excluding hydrogens is 160 g/mol. The highest BCUT2D eigenvalue weighted by Gasteiger charge is 2.20. The molecule has 0 atom stereocenters. The Balaban J connectivity index is 4.52. The number of hydrogen-bond acceptors (Lipinski definition) is 1. The van der Waals surface area contributed by atoms with Crippen molar-refractivity contribution >= 4 is 5.84 Å². The molecule has 2 heteroatoms. The summed E-state index contributed by atoms with van der Waals surface area (Å²) in [6, 6.07) is 0. The molecule has 0 aromatic carbocycles. The van der Waals surface area contributed by atoms with E-state index in [0.717, 1.165) is 6.54 Å². The Morgan fingerprint density at radius 3 is 1.92 bits per heavy atom. The second kappa shape index (κ2) is 4.64. The van der Waals surface area contributed by atoms with Gasteiger partial charge in [0.05, 0.1) is 0 Å². The molecular formula is C11H24N2. The van der Waals surface area contributed by atoms with Gasteiger partial charge in [-0.3, -0.25) is 4.99 Å². The normalized spacial score (nSPS) is 13.7. The first-order valence-corrected chi connectivity index (χ1v) is 4.97. The van der Waals surface area contributed by atoms with Crippen LogP contribution in [0.4, 0.5) is 0 Å². The van der Waals surface area contributed by atoms with Crippen LogP contribution in [0.5, 0.6) is 0 Å². The van der Waals surface area contributed by atoms with Crippen molar-refractivity contribution in [3.05, 3.63) is 0 Å². The Morgan fingerprint density at radius 1 is 1.23 bits per heavy atom. The predicted molar refractivity (Wildman–Crippen MR) is 60.3 cm³/mol. The van der Waals surface area contributed by atoms with Crippen LogP contribution in [0.15, 0.2) is 4.99 Å². The summed E-state index contributed by atoms with van der Waals surface area (Å²) < 4.78 is 0.